The molecule has 0 aromatic carbocycles. The minimum absolute atomic E-state index is 0.473. The van der Waals surface area contributed by atoms with E-state index >= 15 is 0 Å². The van der Waals surface area contributed by atoms with Crippen LogP contribution in [-0.4, -0.2) is 59.9 Å². The van der Waals surface area contributed by atoms with Gasteiger partial charge in [0, 0.05) is 56.5 Å². The highest BCUT2D eigenvalue weighted by Crippen LogP contribution is 2.25. The highest BCUT2D eigenvalue weighted by molar-refractivity contribution is 7.91. The van der Waals surface area contributed by atoms with Gasteiger partial charge in [0.2, 0.25) is 0 Å². The van der Waals surface area contributed by atoms with Crippen LogP contribution in [0.3, 0.4) is 0 Å². The molecule has 0 N–H and O–H groups in total. The zero-order valence-corrected chi connectivity index (χ0v) is 14.9. The summed E-state index contributed by atoms with van der Waals surface area (Å²) >= 11 is 1.39. The SMILES string of the molecule is CCc1ccc(S(=O)(=O)N2CCN(CCn3ccnc3)CC2)s1. The minimum Gasteiger partial charge on any atom is -0.336 e. The van der Waals surface area contributed by atoms with Gasteiger partial charge in [-0.3, -0.25) is 4.90 Å². The number of aryl methyl sites for hydroxylation is 1. The highest BCUT2D eigenvalue weighted by atomic mass is 32.2. The minimum atomic E-state index is -3.32. The summed E-state index contributed by atoms with van der Waals surface area (Å²) in [5.41, 5.74) is 0. The van der Waals surface area contributed by atoms with Crippen LogP contribution in [0.5, 0.6) is 0 Å². The fourth-order valence-electron chi connectivity index (χ4n) is 2.68. The first kappa shape index (κ1) is 16.6. The van der Waals surface area contributed by atoms with E-state index in [1.807, 2.05) is 30.1 Å². The van der Waals surface area contributed by atoms with E-state index in [-0.39, 0.29) is 0 Å². The van der Waals surface area contributed by atoms with E-state index in [0.29, 0.717) is 17.3 Å². The van der Waals surface area contributed by atoms with Crippen molar-refractivity contribution in [3.8, 4) is 0 Å². The predicted octanol–water partition coefficient (Wildman–Crippen LogP) is 1.51. The molecule has 3 heterocycles. The average molecular weight is 355 g/mol. The van der Waals surface area contributed by atoms with Crippen molar-refractivity contribution < 1.29 is 8.42 Å². The van der Waals surface area contributed by atoms with Crippen molar-refractivity contribution in [2.45, 2.75) is 24.1 Å². The second-order valence-electron chi connectivity index (χ2n) is 5.62. The molecule has 1 fully saturated rings. The van der Waals surface area contributed by atoms with Crippen molar-refractivity contribution in [1.82, 2.24) is 18.8 Å². The van der Waals surface area contributed by atoms with E-state index in [4.69, 9.17) is 0 Å². The molecule has 0 unspecified atom stereocenters. The van der Waals surface area contributed by atoms with Gasteiger partial charge >= 0.3 is 0 Å². The maximum absolute atomic E-state index is 12.7. The third kappa shape index (κ3) is 3.82. The first-order valence-corrected chi connectivity index (χ1v) is 10.1. The van der Waals surface area contributed by atoms with E-state index in [2.05, 4.69) is 9.88 Å². The summed E-state index contributed by atoms with van der Waals surface area (Å²) in [4.78, 5) is 7.45. The van der Waals surface area contributed by atoms with Crippen LogP contribution >= 0.6 is 11.3 Å². The number of rotatable bonds is 6. The number of imidazole rings is 1. The van der Waals surface area contributed by atoms with Gasteiger partial charge in [0.25, 0.3) is 10.0 Å². The summed E-state index contributed by atoms with van der Waals surface area (Å²) in [5.74, 6) is 0. The monoisotopic (exact) mass is 354 g/mol. The number of nitrogens with zero attached hydrogens (tertiary/aromatic N) is 4. The Hall–Kier alpha value is -1.22. The van der Waals surface area contributed by atoms with E-state index < -0.39 is 10.0 Å². The van der Waals surface area contributed by atoms with Crippen molar-refractivity contribution in [2.75, 3.05) is 32.7 Å². The van der Waals surface area contributed by atoms with Crippen LogP contribution in [-0.2, 0) is 23.0 Å². The molecule has 1 saturated heterocycles. The van der Waals surface area contributed by atoms with Gasteiger partial charge in [0.1, 0.15) is 4.21 Å². The average Bonchev–Trinajstić information content (AvgIpc) is 3.25. The van der Waals surface area contributed by atoms with E-state index in [1.165, 1.54) is 11.3 Å². The predicted molar refractivity (Wildman–Crippen MR) is 91.1 cm³/mol. The molecule has 2 aromatic heterocycles. The van der Waals surface area contributed by atoms with E-state index in [9.17, 15) is 8.42 Å². The first-order valence-electron chi connectivity index (χ1n) is 7.86. The zero-order chi connectivity index (χ0) is 16.3. The fraction of sp³-hybridized carbons (Fsp3) is 0.533. The summed E-state index contributed by atoms with van der Waals surface area (Å²) < 4.78 is 29.5. The molecule has 0 spiro atoms. The summed E-state index contributed by atoms with van der Waals surface area (Å²) in [6, 6.07) is 3.66. The molecule has 0 atom stereocenters. The summed E-state index contributed by atoms with van der Waals surface area (Å²) in [7, 11) is -3.32. The smallest absolute Gasteiger partial charge is 0.252 e. The van der Waals surface area contributed by atoms with Gasteiger partial charge in [0.05, 0.1) is 6.33 Å². The topological polar surface area (TPSA) is 58.4 Å². The molecular formula is C15H22N4O2S2. The van der Waals surface area contributed by atoms with Crippen LogP contribution in [0.25, 0.3) is 0 Å². The second kappa shape index (κ2) is 7.12. The van der Waals surface area contributed by atoms with Crippen molar-refractivity contribution in [1.29, 1.82) is 0 Å². The maximum Gasteiger partial charge on any atom is 0.252 e. The van der Waals surface area contributed by atoms with E-state index in [1.54, 1.807) is 16.6 Å². The Morgan fingerprint density at radius 1 is 1.17 bits per heavy atom. The van der Waals surface area contributed by atoms with Crippen LogP contribution < -0.4 is 0 Å². The quantitative estimate of drug-likeness (QED) is 0.789. The molecule has 126 valence electrons. The largest absolute Gasteiger partial charge is 0.336 e. The van der Waals surface area contributed by atoms with Crippen LogP contribution in [0, 0.1) is 0 Å². The number of thiophene rings is 1. The first-order chi connectivity index (χ1) is 11.1. The molecule has 0 radical (unpaired) electrons. The Balaban J connectivity index is 1.55. The summed E-state index contributed by atoms with van der Waals surface area (Å²) in [5, 5.41) is 0. The number of piperazine rings is 1. The molecule has 0 amide bonds. The number of sulfonamides is 1. The van der Waals surface area contributed by atoms with E-state index in [0.717, 1.165) is 37.5 Å². The Labute approximate surface area is 141 Å². The molecule has 0 aliphatic carbocycles. The van der Waals surface area contributed by atoms with Gasteiger partial charge in [-0.05, 0) is 18.6 Å². The second-order valence-corrected chi connectivity index (χ2v) is 8.95. The number of hydrogen-bond donors (Lipinski definition) is 0. The molecule has 1 aliphatic rings. The number of aromatic nitrogens is 2. The number of hydrogen-bond acceptors (Lipinski definition) is 5. The van der Waals surface area contributed by atoms with Crippen LogP contribution in [0.4, 0.5) is 0 Å². The molecule has 8 heteroatoms. The zero-order valence-electron chi connectivity index (χ0n) is 13.3. The lowest BCUT2D eigenvalue weighted by molar-refractivity contribution is 0.183. The molecular weight excluding hydrogens is 332 g/mol. The Morgan fingerprint density at radius 2 is 1.96 bits per heavy atom. The lowest BCUT2D eigenvalue weighted by atomic mass is 10.3. The summed E-state index contributed by atoms with van der Waals surface area (Å²) in [6.45, 7) is 6.53. The van der Waals surface area contributed by atoms with Crippen molar-refractivity contribution in [3.05, 3.63) is 35.7 Å². The van der Waals surface area contributed by atoms with Gasteiger partial charge in [-0.25, -0.2) is 13.4 Å². The third-order valence-corrected chi connectivity index (χ3v) is 7.74. The molecule has 2 aromatic rings. The van der Waals surface area contributed by atoms with Crippen LogP contribution in [0.2, 0.25) is 0 Å². The normalized spacial score (nSPS) is 17.6. The molecule has 6 nitrogen and oxygen atoms in total. The van der Waals surface area contributed by atoms with Crippen molar-refractivity contribution >= 4 is 21.4 Å². The van der Waals surface area contributed by atoms with Gasteiger partial charge in [-0.15, -0.1) is 11.3 Å². The van der Waals surface area contributed by atoms with Crippen molar-refractivity contribution in [3.63, 3.8) is 0 Å². The lowest BCUT2D eigenvalue weighted by Crippen LogP contribution is -2.49. The Kier molecular flexibility index (Phi) is 5.15. The van der Waals surface area contributed by atoms with Gasteiger partial charge in [0.15, 0.2) is 0 Å². The summed E-state index contributed by atoms with van der Waals surface area (Å²) in [6.07, 6.45) is 6.41. The molecule has 0 bridgehead atoms. The maximum atomic E-state index is 12.7. The van der Waals surface area contributed by atoms with Gasteiger partial charge in [-0.2, -0.15) is 4.31 Å². The molecule has 23 heavy (non-hydrogen) atoms. The molecule has 0 saturated carbocycles. The Morgan fingerprint density at radius 3 is 2.57 bits per heavy atom. The van der Waals surface area contributed by atoms with Gasteiger partial charge < -0.3 is 4.57 Å². The Bertz CT molecular complexity index is 717. The molecule has 1 aliphatic heterocycles. The highest BCUT2D eigenvalue weighted by Gasteiger charge is 2.29. The fourth-order valence-corrected chi connectivity index (χ4v) is 5.56. The molecule has 3 rings (SSSR count). The van der Waals surface area contributed by atoms with Gasteiger partial charge in [-0.1, -0.05) is 6.92 Å². The third-order valence-electron chi connectivity index (χ3n) is 4.14. The van der Waals surface area contributed by atoms with Crippen molar-refractivity contribution in [2.24, 2.45) is 0 Å². The lowest BCUT2D eigenvalue weighted by Gasteiger charge is -2.33. The van der Waals surface area contributed by atoms with Crippen LogP contribution in [0.1, 0.15) is 11.8 Å². The standard InChI is InChI=1S/C15H22N4O2S2/c1-2-14-3-4-15(22-14)23(20,21)19-11-9-17(10-12-19)7-8-18-6-5-16-13-18/h3-6,13H,2,7-12H2,1H3. The van der Waals surface area contributed by atoms with Crippen LogP contribution in [0.15, 0.2) is 35.1 Å².